The van der Waals surface area contributed by atoms with Crippen molar-refractivity contribution in [1.29, 1.82) is 0 Å². The summed E-state index contributed by atoms with van der Waals surface area (Å²) in [6, 6.07) is 5.11. The molecule has 0 aliphatic carbocycles. The molecule has 0 amide bonds. The lowest BCUT2D eigenvalue weighted by atomic mass is 9.97. The smallest absolute Gasteiger partial charge is 0.388 e. The van der Waals surface area contributed by atoms with E-state index in [9.17, 15) is 18.3 Å². The van der Waals surface area contributed by atoms with E-state index in [-0.39, 0.29) is 12.0 Å². The van der Waals surface area contributed by atoms with Crippen molar-refractivity contribution in [3.8, 4) is 0 Å². The van der Waals surface area contributed by atoms with E-state index in [0.29, 0.717) is 6.42 Å². The van der Waals surface area contributed by atoms with Gasteiger partial charge < -0.3 is 5.11 Å². The van der Waals surface area contributed by atoms with Crippen molar-refractivity contribution in [3.05, 3.63) is 47.5 Å². The maximum Gasteiger partial charge on any atom is 0.416 e. The molecular formula is C13H15F3O. The van der Waals surface area contributed by atoms with E-state index < -0.39 is 17.8 Å². The predicted molar refractivity (Wildman–Crippen MR) is 60.5 cm³/mol. The highest BCUT2D eigenvalue weighted by molar-refractivity contribution is 5.31. The summed E-state index contributed by atoms with van der Waals surface area (Å²) in [5.74, 6) is 0. The molecule has 0 saturated carbocycles. The minimum Gasteiger partial charge on any atom is -0.388 e. The van der Waals surface area contributed by atoms with Crippen LogP contribution in [0, 0.1) is 0 Å². The molecule has 0 aliphatic rings. The van der Waals surface area contributed by atoms with E-state index in [4.69, 9.17) is 0 Å². The Morgan fingerprint density at radius 2 is 1.94 bits per heavy atom. The Balaban J connectivity index is 2.93. The van der Waals surface area contributed by atoms with Gasteiger partial charge in [0.15, 0.2) is 0 Å². The van der Waals surface area contributed by atoms with Gasteiger partial charge in [-0.25, -0.2) is 0 Å². The molecule has 1 aromatic carbocycles. The lowest BCUT2D eigenvalue weighted by molar-refractivity contribution is -0.139. The van der Waals surface area contributed by atoms with Crippen LogP contribution in [0.3, 0.4) is 0 Å². The van der Waals surface area contributed by atoms with Crippen molar-refractivity contribution in [2.75, 3.05) is 0 Å². The van der Waals surface area contributed by atoms with Crippen molar-refractivity contribution in [1.82, 2.24) is 0 Å². The lowest BCUT2D eigenvalue weighted by Crippen LogP contribution is -2.12. The zero-order valence-corrected chi connectivity index (χ0v) is 9.59. The molecule has 1 atom stereocenters. The van der Waals surface area contributed by atoms with E-state index in [1.807, 2.05) is 0 Å². The van der Waals surface area contributed by atoms with Crippen LogP contribution in [0.2, 0.25) is 0 Å². The van der Waals surface area contributed by atoms with Crippen LogP contribution in [-0.4, -0.2) is 5.11 Å². The molecule has 0 fully saturated rings. The van der Waals surface area contributed by atoms with Crippen molar-refractivity contribution >= 4 is 0 Å². The van der Waals surface area contributed by atoms with E-state index in [2.05, 4.69) is 6.58 Å². The molecule has 1 nitrogen and oxygen atoms in total. The average molecular weight is 244 g/mol. The van der Waals surface area contributed by atoms with Crippen molar-refractivity contribution in [3.63, 3.8) is 0 Å². The minimum atomic E-state index is -4.43. The first kappa shape index (κ1) is 13.8. The monoisotopic (exact) mass is 244 g/mol. The van der Waals surface area contributed by atoms with Crippen LogP contribution in [0.5, 0.6) is 0 Å². The SMILES string of the molecule is C=C(C)CCC(O)c1ccccc1C(F)(F)F. The molecule has 0 aliphatic heterocycles. The molecular weight excluding hydrogens is 229 g/mol. The Bertz CT molecular complexity index is 396. The van der Waals surface area contributed by atoms with Gasteiger partial charge in [-0.2, -0.15) is 13.2 Å². The first-order valence-electron chi connectivity index (χ1n) is 5.31. The number of aliphatic hydroxyl groups is 1. The van der Waals surface area contributed by atoms with Gasteiger partial charge in [0.05, 0.1) is 11.7 Å². The second-order valence-electron chi connectivity index (χ2n) is 4.10. The van der Waals surface area contributed by atoms with Gasteiger partial charge in [-0.15, -0.1) is 6.58 Å². The molecule has 0 spiro atoms. The number of allylic oxidation sites excluding steroid dienone is 1. The van der Waals surface area contributed by atoms with Crippen LogP contribution < -0.4 is 0 Å². The molecule has 1 aromatic rings. The van der Waals surface area contributed by atoms with Crippen LogP contribution in [0.25, 0.3) is 0 Å². The second-order valence-corrected chi connectivity index (χ2v) is 4.10. The zero-order valence-electron chi connectivity index (χ0n) is 9.59. The molecule has 0 bridgehead atoms. The van der Waals surface area contributed by atoms with Gasteiger partial charge >= 0.3 is 6.18 Å². The first-order chi connectivity index (χ1) is 7.82. The quantitative estimate of drug-likeness (QED) is 0.791. The van der Waals surface area contributed by atoms with E-state index in [1.54, 1.807) is 6.92 Å². The molecule has 0 saturated heterocycles. The first-order valence-corrected chi connectivity index (χ1v) is 5.31. The Morgan fingerprint density at radius 1 is 1.35 bits per heavy atom. The number of alkyl halides is 3. The van der Waals surface area contributed by atoms with E-state index in [0.717, 1.165) is 11.6 Å². The fraction of sp³-hybridized carbons (Fsp3) is 0.385. The normalized spacial score (nSPS) is 13.5. The molecule has 0 heterocycles. The topological polar surface area (TPSA) is 20.2 Å². The summed E-state index contributed by atoms with van der Waals surface area (Å²) in [4.78, 5) is 0. The Labute approximate surface area is 98.6 Å². The fourth-order valence-corrected chi connectivity index (χ4v) is 1.58. The molecule has 0 radical (unpaired) electrons. The maximum atomic E-state index is 12.7. The molecule has 4 heteroatoms. The fourth-order valence-electron chi connectivity index (χ4n) is 1.58. The molecule has 17 heavy (non-hydrogen) atoms. The minimum absolute atomic E-state index is 0.0683. The van der Waals surface area contributed by atoms with E-state index >= 15 is 0 Å². The van der Waals surface area contributed by atoms with E-state index in [1.165, 1.54) is 18.2 Å². The van der Waals surface area contributed by atoms with Crippen LogP contribution in [0.1, 0.15) is 37.0 Å². The molecule has 1 rings (SSSR count). The summed E-state index contributed by atoms with van der Waals surface area (Å²) in [7, 11) is 0. The number of halogens is 3. The lowest BCUT2D eigenvalue weighted by Gasteiger charge is -2.17. The number of rotatable bonds is 4. The van der Waals surface area contributed by atoms with Gasteiger partial charge in [-0.1, -0.05) is 23.8 Å². The number of hydrogen-bond donors (Lipinski definition) is 1. The molecule has 94 valence electrons. The van der Waals surface area contributed by atoms with Gasteiger partial charge in [-0.05, 0) is 31.4 Å². The van der Waals surface area contributed by atoms with Gasteiger partial charge in [0.2, 0.25) is 0 Å². The molecule has 1 N–H and O–H groups in total. The average Bonchev–Trinajstić information content (AvgIpc) is 2.24. The second kappa shape index (κ2) is 5.36. The summed E-state index contributed by atoms with van der Waals surface area (Å²) < 4.78 is 38.0. The third-order valence-corrected chi connectivity index (χ3v) is 2.47. The number of hydrogen-bond acceptors (Lipinski definition) is 1. The van der Waals surface area contributed by atoms with Gasteiger partial charge in [-0.3, -0.25) is 0 Å². The highest BCUT2D eigenvalue weighted by Crippen LogP contribution is 2.35. The van der Waals surface area contributed by atoms with Crippen molar-refractivity contribution < 1.29 is 18.3 Å². The van der Waals surface area contributed by atoms with Crippen LogP contribution in [0.4, 0.5) is 13.2 Å². The van der Waals surface area contributed by atoms with Gasteiger partial charge in [0, 0.05) is 0 Å². The Kier molecular flexibility index (Phi) is 4.34. The van der Waals surface area contributed by atoms with Crippen LogP contribution in [0.15, 0.2) is 36.4 Å². The predicted octanol–water partition coefficient (Wildman–Crippen LogP) is 4.10. The van der Waals surface area contributed by atoms with Crippen molar-refractivity contribution in [2.45, 2.75) is 32.0 Å². The number of benzene rings is 1. The zero-order chi connectivity index (χ0) is 13.1. The maximum absolute atomic E-state index is 12.7. The van der Waals surface area contributed by atoms with Gasteiger partial charge in [0.1, 0.15) is 0 Å². The molecule has 1 unspecified atom stereocenters. The van der Waals surface area contributed by atoms with Gasteiger partial charge in [0.25, 0.3) is 0 Å². The third-order valence-electron chi connectivity index (χ3n) is 2.47. The highest BCUT2D eigenvalue weighted by Gasteiger charge is 2.34. The van der Waals surface area contributed by atoms with Crippen LogP contribution in [-0.2, 0) is 6.18 Å². The summed E-state index contributed by atoms with van der Waals surface area (Å²) in [6.07, 6.45) is -4.78. The standard InChI is InChI=1S/C13H15F3O/c1-9(2)7-8-12(17)10-5-3-4-6-11(10)13(14,15)16/h3-6,12,17H,1,7-8H2,2H3. The Hall–Kier alpha value is -1.29. The highest BCUT2D eigenvalue weighted by atomic mass is 19.4. The summed E-state index contributed by atoms with van der Waals surface area (Å²) in [5.41, 5.74) is 0.00371. The largest absolute Gasteiger partial charge is 0.416 e. The third kappa shape index (κ3) is 3.89. The summed E-state index contributed by atoms with van der Waals surface area (Å²) in [5, 5.41) is 9.77. The van der Waals surface area contributed by atoms with Crippen molar-refractivity contribution in [2.24, 2.45) is 0 Å². The summed E-state index contributed by atoms with van der Waals surface area (Å²) in [6.45, 7) is 5.44. The summed E-state index contributed by atoms with van der Waals surface area (Å²) >= 11 is 0. The van der Waals surface area contributed by atoms with Crippen LogP contribution >= 0.6 is 0 Å². The Morgan fingerprint density at radius 3 is 2.47 bits per heavy atom. The number of aliphatic hydroxyl groups excluding tert-OH is 1. The molecule has 0 aromatic heterocycles.